The summed E-state index contributed by atoms with van der Waals surface area (Å²) >= 11 is 5.70. The van der Waals surface area contributed by atoms with E-state index in [1.54, 1.807) is 31.2 Å². The highest BCUT2D eigenvalue weighted by molar-refractivity contribution is 7.91. The zero-order chi connectivity index (χ0) is 15.5. The number of halogens is 1. The van der Waals surface area contributed by atoms with E-state index in [1.165, 1.54) is 12.4 Å². The van der Waals surface area contributed by atoms with Gasteiger partial charge in [0.1, 0.15) is 0 Å². The molecule has 21 heavy (non-hydrogen) atoms. The molecule has 0 amide bonds. The van der Waals surface area contributed by atoms with Gasteiger partial charge >= 0.3 is 0 Å². The molecule has 1 atom stereocenters. The van der Waals surface area contributed by atoms with Crippen molar-refractivity contribution in [1.82, 2.24) is 9.97 Å². The molecule has 7 heteroatoms. The molecule has 1 aromatic carbocycles. The summed E-state index contributed by atoms with van der Waals surface area (Å²) in [5, 5.41) is 3.38. The Labute approximate surface area is 129 Å². The molecule has 112 valence electrons. The second kappa shape index (κ2) is 6.41. The van der Waals surface area contributed by atoms with Crippen LogP contribution >= 0.6 is 11.6 Å². The number of sulfone groups is 1. The van der Waals surface area contributed by atoms with Crippen LogP contribution in [0.4, 0.5) is 5.95 Å². The van der Waals surface area contributed by atoms with Crippen LogP contribution in [0, 0.1) is 6.92 Å². The Morgan fingerprint density at radius 2 is 1.76 bits per heavy atom. The van der Waals surface area contributed by atoms with Crippen molar-refractivity contribution < 1.29 is 8.42 Å². The van der Waals surface area contributed by atoms with Crippen molar-refractivity contribution in [3.05, 3.63) is 47.2 Å². The first kappa shape index (κ1) is 15.7. The van der Waals surface area contributed by atoms with E-state index < -0.39 is 9.84 Å². The summed E-state index contributed by atoms with van der Waals surface area (Å²) in [7, 11) is -3.35. The third kappa shape index (κ3) is 4.41. The predicted molar refractivity (Wildman–Crippen MR) is 83.4 cm³/mol. The van der Waals surface area contributed by atoms with Gasteiger partial charge in [-0.05, 0) is 26.0 Å². The minimum atomic E-state index is -3.35. The Bertz CT molecular complexity index is 700. The molecule has 0 aliphatic rings. The molecule has 0 unspecified atom stereocenters. The average molecular weight is 326 g/mol. The molecule has 5 nitrogen and oxygen atoms in total. The highest BCUT2D eigenvalue weighted by Gasteiger charge is 2.18. The van der Waals surface area contributed by atoms with Gasteiger partial charge in [0, 0.05) is 6.04 Å². The van der Waals surface area contributed by atoms with Crippen LogP contribution < -0.4 is 5.32 Å². The van der Waals surface area contributed by atoms with Crippen molar-refractivity contribution in [1.29, 1.82) is 0 Å². The first-order chi connectivity index (χ1) is 9.87. The number of aryl methyl sites for hydroxylation is 1. The van der Waals surface area contributed by atoms with Gasteiger partial charge in [-0.25, -0.2) is 18.4 Å². The standard InChI is InChI=1S/C14H16ClN3O2S/c1-10-3-5-13(6-4-10)21(19,20)9-11(2)18-14-16-7-12(15)8-17-14/h3-8,11H,9H2,1-2H3,(H,16,17,18)/t11-/m1/s1. The summed E-state index contributed by atoms with van der Waals surface area (Å²) in [6, 6.07) is 6.49. The lowest BCUT2D eigenvalue weighted by atomic mass is 10.2. The van der Waals surface area contributed by atoms with Crippen LogP contribution in [0.5, 0.6) is 0 Å². The van der Waals surface area contributed by atoms with Crippen molar-refractivity contribution in [2.24, 2.45) is 0 Å². The number of rotatable bonds is 5. The van der Waals surface area contributed by atoms with Gasteiger partial charge in [0.2, 0.25) is 5.95 Å². The molecule has 1 heterocycles. The fraction of sp³-hybridized carbons (Fsp3) is 0.286. The maximum Gasteiger partial charge on any atom is 0.222 e. The average Bonchev–Trinajstić information content (AvgIpc) is 2.41. The number of aromatic nitrogens is 2. The van der Waals surface area contributed by atoms with Crippen LogP contribution in [0.25, 0.3) is 0 Å². The number of hydrogen-bond donors (Lipinski definition) is 1. The van der Waals surface area contributed by atoms with E-state index in [0.717, 1.165) is 5.56 Å². The molecule has 2 aromatic rings. The molecular formula is C14H16ClN3O2S. The molecule has 1 aromatic heterocycles. The summed E-state index contributed by atoms with van der Waals surface area (Å²) in [4.78, 5) is 8.29. The quantitative estimate of drug-likeness (QED) is 0.915. The van der Waals surface area contributed by atoms with Crippen LogP contribution in [0.2, 0.25) is 5.02 Å². The van der Waals surface area contributed by atoms with Crippen molar-refractivity contribution in [3.8, 4) is 0 Å². The Morgan fingerprint density at radius 1 is 1.19 bits per heavy atom. The van der Waals surface area contributed by atoms with Crippen LogP contribution in [0.15, 0.2) is 41.6 Å². The Hall–Kier alpha value is -1.66. The molecule has 0 aliphatic heterocycles. The number of hydrogen-bond acceptors (Lipinski definition) is 5. The lowest BCUT2D eigenvalue weighted by molar-refractivity contribution is 0.592. The monoisotopic (exact) mass is 325 g/mol. The smallest absolute Gasteiger partial charge is 0.222 e. The summed E-state index contributed by atoms with van der Waals surface area (Å²) in [5.74, 6) is 0.313. The Kier molecular flexibility index (Phi) is 4.80. The second-order valence-electron chi connectivity index (χ2n) is 4.86. The Balaban J connectivity index is 2.05. The van der Waals surface area contributed by atoms with E-state index in [9.17, 15) is 8.42 Å². The van der Waals surface area contributed by atoms with Gasteiger partial charge in [-0.15, -0.1) is 0 Å². The van der Waals surface area contributed by atoms with E-state index in [0.29, 0.717) is 15.9 Å². The van der Waals surface area contributed by atoms with Crippen molar-refractivity contribution >= 4 is 27.4 Å². The molecular weight excluding hydrogens is 310 g/mol. The molecule has 0 saturated heterocycles. The van der Waals surface area contributed by atoms with Gasteiger partial charge < -0.3 is 5.32 Å². The Morgan fingerprint density at radius 3 is 2.33 bits per heavy atom. The summed E-state index contributed by atoms with van der Waals surface area (Å²) in [6.45, 7) is 3.68. The minimum Gasteiger partial charge on any atom is -0.351 e. The zero-order valence-electron chi connectivity index (χ0n) is 11.7. The first-order valence-electron chi connectivity index (χ1n) is 6.40. The molecule has 2 rings (SSSR count). The van der Waals surface area contributed by atoms with E-state index >= 15 is 0 Å². The second-order valence-corrected chi connectivity index (χ2v) is 7.34. The summed E-state index contributed by atoms with van der Waals surface area (Å²) < 4.78 is 24.6. The van der Waals surface area contributed by atoms with Gasteiger partial charge in [-0.2, -0.15) is 0 Å². The lowest BCUT2D eigenvalue weighted by Crippen LogP contribution is -2.26. The molecule has 0 aliphatic carbocycles. The SMILES string of the molecule is Cc1ccc(S(=O)(=O)C[C@@H](C)Nc2ncc(Cl)cn2)cc1. The van der Waals surface area contributed by atoms with Gasteiger partial charge in [-0.1, -0.05) is 29.3 Å². The van der Waals surface area contributed by atoms with Crippen LogP contribution in [-0.2, 0) is 9.84 Å². The van der Waals surface area contributed by atoms with Gasteiger partial charge in [0.05, 0.1) is 28.1 Å². The molecule has 0 saturated carbocycles. The van der Waals surface area contributed by atoms with Crippen molar-refractivity contribution in [2.75, 3.05) is 11.1 Å². The highest BCUT2D eigenvalue weighted by atomic mass is 35.5. The number of anilines is 1. The summed E-state index contributed by atoms with van der Waals surface area (Å²) in [6.07, 6.45) is 2.91. The molecule has 0 fully saturated rings. The largest absolute Gasteiger partial charge is 0.351 e. The lowest BCUT2D eigenvalue weighted by Gasteiger charge is -2.14. The maximum atomic E-state index is 12.3. The van der Waals surface area contributed by atoms with Gasteiger partial charge in [0.25, 0.3) is 0 Å². The third-order valence-electron chi connectivity index (χ3n) is 2.85. The topological polar surface area (TPSA) is 72.0 Å². The minimum absolute atomic E-state index is 0.0396. The molecule has 0 spiro atoms. The van der Waals surface area contributed by atoms with Gasteiger partial charge in [0.15, 0.2) is 9.84 Å². The van der Waals surface area contributed by atoms with E-state index in [-0.39, 0.29) is 11.8 Å². The third-order valence-corrected chi connectivity index (χ3v) is 4.97. The zero-order valence-corrected chi connectivity index (χ0v) is 13.3. The molecule has 1 N–H and O–H groups in total. The fourth-order valence-corrected chi connectivity index (χ4v) is 3.40. The van der Waals surface area contributed by atoms with Crippen LogP contribution in [-0.4, -0.2) is 30.2 Å². The van der Waals surface area contributed by atoms with E-state index in [1.807, 2.05) is 6.92 Å². The normalized spacial score (nSPS) is 12.9. The van der Waals surface area contributed by atoms with E-state index in [4.69, 9.17) is 11.6 Å². The molecule has 0 bridgehead atoms. The fourth-order valence-electron chi connectivity index (χ4n) is 1.82. The predicted octanol–water partition coefficient (Wildman–Crippen LogP) is 2.71. The first-order valence-corrected chi connectivity index (χ1v) is 8.43. The van der Waals surface area contributed by atoms with Crippen molar-refractivity contribution in [2.45, 2.75) is 24.8 Å². The van der Waals surface area contributed by atoms with Crippen LogP contribution in [0.1, 0.15) is 12.5 Å². The maximum absolute atomic E-state index is 12.3. The van der Waals surface area contributed by atoms with Crippen LogP contribution in [0.3, 0.4) is 0 Å². The highest BCUT2D eigenvalue weighted by Crippen LogP contribution is 2.14. The van der Waals surface area contributed by atoms with Gasteiger partial charge in [-0.3, -0.25) is 0 Å². The number of nitrogens with zero attached hydrogens (tertiary/aromatic N) is 2. The summed E-state index contributed by atoms with van der Waals surface area (Å²) in [5.41, 5.74) is 1.02. The number of benzene rings is 1. The number of nitrogens with one attached hydrogen (secondary N) is 1. The van der Waals surface area contributed by atoms with E-state index in [2.05, 4.69) is 15.3 Å². The van der Waals surface area contributed by atoms with Crippen molar-refractivity contribution in [3.63, 3.8) is 0 Å². The molecule has 0 radical (unpaired) electrons.